The molecule has 1 aliphatic carbocycles. The lowest BCUT2D eigenvalue weighted by atomic mass is 9.81. The van der Waals surface area contributed by atoms with Gasteiger partial charge in [-0.3, -0.25) is 9.59 Å². The third-order valence-electron chi connectivity index (χ3n) is 4.24. The predicted octanol–water partition coefficient (Wildman–Crippen LogP) is 2.20. The van der Waals surface area contributed by atoms with Gasteiger partial charge in [-0.1, -0.05) is 13.5 Å². The van der Waals surface area contributed by atoms with Gasteiger partial charge in [0.1, 0.15) is 11.5 Å². The monoisotopic (exact) mass is 352 g/mol. The Balaban J connectivity index is 2.24. The molecule has 0 radical (unpaired) electrons. The van der Waals surface area contributed by atoms with Gasteiger partial charge in [0, 0.05) is 16.9 Å². The van der Waals surface area contributed by atoms with Crippen molar-refractivity contribution in [3.8, 4) is 11.5 Å². The van der Waals surface area contributed by atoms with Gasteiger partial charge >= 0.3 is 5.97 Å². The zero-order chi connectivity index (χ0) is 19.2. The van der Waals surface area contributed by atoms with Crippen molar-refractivity contribution in [3.63, 3.8) is 0 Å². The molecule has 0 saturated heterocycles. The Kier molecular flexibility index (Phi) is 4.00. The summed E-state index contributed by atoms with van der Waals surface area (Å²) in [4.78, 5) is 37.9. The zero-order valence-corrected chi connectivity index (χ0v) is 14.0. The molecule has 2 aromatic rings. The molecular formula is C19H16N2O5. The lowest BCUT2D eigenvalue weighted by Crippen LogP contribution is -2.25. The number of esters is 1. The molecule has 1 aliphatic rings. The number of phenols is 1. The molecule has 0 aliphatic heterocycles. The zero-order valence-electron chi connectivity index (χ0n) is 14.0. The van der Waals surface area contributed by atoms with Crippen LogP contribution in [0.4, 0.5) is 11.4 Å². The summed E-state index contributed by atoms with van der Waals surface area (Å²) in [5.74, 6) is -2.52. The fourth-order valence-corrected chi connectivity index (χ4v) is 2.80. The van der Waals surface area contributed by atoms with Crippen LogP contribution in [0.5, 0.6) is 11.5 Å². The number of carbonyl (C=O) groups is 3. The van der Waals surface area contributed by atoms with Gasteiger partial charge < -0.3 is 21.3 Å². The second-order valence-corrected chi connectivity index (χ2v) is 5.83. The maximum absolute atomic E-state index is 13.0. The highest BCUT2D eigenvalue weighted by Crippen LogP contribution is 2.41. The fourth-order valence-electron chi connectivity index (χ4n) is 2.80. The van der Waals surface area contributed by atoms with Gasteiger partial charge in [-0.15, -0.1) is 0 Å². The first-order valence-corrected chi connectivity index (χ1v) is 7.81. The minimum atomic E-state index is -0.714. The largest absolute Gasteiger partial charge is 0.507 e. The molecule has 0 unspecified atom stereocenters. The lowest BCUT2D eigenvalue weighted by Gasteiger charge is -2.23. The average Bonchev–Trinajstić information content (AvgIpc) is 2.61. The minimum Gasteiger partial charge on any atom is -0.507 e. The van der Waals surface area contributed by atoms with Crippen LogP contribution in [0.25, 0.3) is 0 Å². The predicted molar refractivity (Wildman–Crippen MR) is 95.3 cm³/mol. The Morgan fingerprint density at radius 3 is 2.15 bits per heavy atom. The fraction of sp³-hybridized carbons (Fsp3) is 0.105. The van der Waals surface area contributed by atoms with Crippen LogP contribution in [0.1, 0.15) is 45.2 Å². The molecule has 7 heteroatoms. The molecule has 0 saturated carbocycles. The molecule has 26 heavy (non-hydrogen) atoms. The van der Waals surface area contributed by atoms with Crippen molar-refractivity contribution in [2.45, 2.75) is 13.3 Å². The SMILES string of the molecule is C=C(CC)C(=O)Oc1ccc(N)c2c1C(=O)c1c(N)ccc(O)c1C2=O. The Hall–Kier alpha value is -3.61. The minimum absolute atomic E-state index is 0.0273. The quantitative estimate of drug-likeness (QED) is 0.216. The summed E-state index contributed by atoms with van der Waals surface area (Å²) in [5, 5.41) is 10.0. The van der Waals surface area contributed by atoms with Crippen molar-refractivity contribution in [1.82, 2.24) is 0 Å². The first-order valence-electron chi connectivity index (χ1n) is 7.81. The van der Waals surface area contributed by atoms with E-state index in [2.05, 4.69) is 6.58 Å². The van der Waals surface area contributed by atoms with E-state index in [0.29, 0.717) is 6.42 Å². The van der Waals surface area contributed by atoms with E-state index >= 15 is 0 Å². The number of benzene rings is 2. The van der Waals surface area contributed by atoms with Gasteiger partial charge in [0.05, 0.1) is 22.3 Å². The van der Waals surface area contributed by atoms with Gasteiger partial charge in [0.25, 0.3) is 0 Å². The molecule has 7 nitrogen and oxygen atoms in total. The van der Waals surface area contributed by atoms with E-state index in [4.69, 9.17) is 16.2 Å². The maximum atomic E-state index is 13.0. The molecule has 0 bridgehead atoms. The third kappa shape index (κ3) is 2.41. The van der Waals surface area contributed by atoms with Crippen molar-refractivity contribution in [3.05, 3.63) is 58.7 Å². The molecule has 132 valence electrons. The topological polar surface area (TPSA) is 133 Å². The van der Waals surface area contributed by atoms with Crippen LogP contribution in [0.3, 0.4) is 0 Å². The Morgan fingerprint density at radius 2 is 1.54 bits per heavy atom. The number of carbonyl (C=O) groups excluding carboxylic acids is 3. The molecule has 5 N–H and O–H groups in total. The van der Waals surface area contributed by atoms with Crippen LogP contribution in [0.2, 0.25) is 0 Å². The van der Waals surface area contributed by atoms with Crippen molar-refractivity contribution < 1.29 is 24.2 Å². The van der Waals surface area contributed by atoms with Crippen LogP contribution in [-0.2, 0) is 4.79 Å². The molecule has 2 aromatic carbocycles. The van der Waals surface area contributed by atoms with E-state index in [9.17, 15) is 19.5 Å². The number of ether oxygens (including phenoxy) is 1. The maximum Gasteiger partial charge on any atom is 0.338 e. The van der Waals surface area contributed by atoms with Crippen molar-refractivity contribution >= 4 is 28.9 Å². The molecule has 0 heterocycles. The van der Waals surface area contributed by atoms with Crippen molar-refractivity contribution in [2.24, 2.45) is 0 Å². The average molecular weight is 352 g/mol. The number of fused-ring (bicyclic) bond motifs is 2. The molecule has 0 aromatic heterocycles. The van der Waals surface area contributed by atoms with E-state index in [1.807, 2.05) is 0 Å². The highest BCUT2D eigenvalue weighted by atomic mass is 16.5. The number of aromatic hydroxyl groups is 1. The molecule has 3 rings (SSSR count). The van der Waals surface area contributed by atoms with Gasteiger partial charge in [0.15, 0.2) is 0 Å². The summed E-state index contributed by atoms with van der Waals surface area (Å²) >= 11 is 0. The van der Waals surface area contributed by atoms with E-state index in [1.165, 1.54) is 24.3 Å². The Labute approximate surface area is 148 Å². The van der Waals surface area contributed by atoms with Crippen LogP contribution < -0.4 is 16.2 Å². The van der Waals surface area contributed by atoms with E-state index < -0.39 is 17.5 Å². The number of hydrogen-bond acceptors (Lipinski definition) is 7. The summed E-state index contributed by atoms with van der Waals surface area (Å²) in [6.45, 7) is 5.32. The third-order valence-corrected chi connectivity index (χ3v) is 4.24. The highest BCUT2D eigenvalue weighted by molar-refractivity contribution is 6.33. The molecule has 0 fully saturated rings. The smallest absolute Gasteiger partial charge is 0.338 e. The van der Waals surface area contributed by atoms with Crippen LogP contribution in [0.15, 0.2) is 36.4 Å². The van der Waals surface area contributed by atoms with E-state index in [1.54, 1.807) is 6.92 Å². The second-order valence-electron chi connectivity index (χ2n) is 5.83. The van der Waals surface area contributed by atoms with Crippen molar-refractivity contribution in [2.75, 3.05) is 11.5 Å². The number of hydrogen-bond donors (Lipinski definition) is 3. The summed E-state index contributed by atoms with van der Waals surface area (Å²) in [7, 11) is 0. The van der Waals surface area contributed by atoms with E-state index in [0.717, 1.165) is 0 Å². The Morgan fingerprint density at radius 1 is 1.00 bits per heavy atom. The molecular weight excluding hydrogens is 336 g/mol. The van der Waals surface area contributed by atoms with Gasteiger partial charge in [-0.2, -0.15) is 0 Å². The number of ketones is 2. The Bertz CT molecular complexity index is 1010. The lowest BCUT2D eigenvalue weighted by molar-refractivity contribution is -0.130. The van der Waals surface area contributed by atoms with Crippen LogP contribution >= 0.6 is 0 Å². The highest BCUT2D eigenvalue weighted by Gasteiger charge is 2.37. The van der Waals surface area contributed by atoms with E-state index in [-0.39, 0.29) is 50.7 Å². The normalized spacial score (nSPS) is 12.3. The summed E-state index contributed by atoms with van der Waals surface area (Å²) < 4.78 is 5.25. The number of nitrogens with two attached hydrogens (primary N) is 2. The van der Waals surface area contributed by atoms with Gasteiger partial charge in [-0.25, -0.2) is 4.79 Å². The number of nitrogen functional groups attached to an aromatic ring is 2. The molecule has 0 spiro atoms. The summed E-state index contributed by atoms with van der Waals surface area (Å²) in [6.07, 6.45) is 0.368. The number of phenolic OH excluding ortho intramolecular Hbond substituents is 1. The van der Waals surface area contributed by atoms with Crippen LogP contribution in [0, 0.1) is 0 Å². The summed E-state index contributed by atoms with van der Waals surface area (Å²) in [5.41, 5.74) is 11.4. The van der Waals surface area contributed by atoms with Gasteiger partial charge in [0.2, 0.25) is 11.6 Å². The van der Waals surface area contributed by atoms with Crippen LogP contribution in [-0.4, -0.2) is 22.6 Å². The second kappa shape index (κ2) is 6.03. The number of rotatable bonds is 3. The number of anilines is 2. The summed E-state index contributed by atoms with van der Waals surface area (Å²) in [6, 6.07) is 5.25. The first kappa shape index (κ1) is 17.2. The van der Waals surface area contributed by atoms with Crippen molar-refractivity contribution in [1.29, 1.82) is 0 Å². The van der Waals surface area contributed by atoms with Gasteiger partial charge in [-0.05, 0) is 30.7 Å². The molecule has 0 amide bonds. The first-order chi connectivity index (χ1) is 12.3. The standard InChI is InChI=1S/C19H16N2O5/c1-3-8(2)19(25)26-12-7-5-10(21)14-16(12)18(24)13-9(20)4-6-11(22)15(13)17(14)23/h4-7,22H,2-3,20-21H2,1H3. The molecule has 0 atom stereocenters.